The van der Waals surface area contributed by atoms with Crippen molar-refractivity contribution < 1.29 is 9.53 Å². The highest BCUT2D eigenvalue weighted by atomic mass is 79.9. The second kappa shape index (κ2) is 8.07. The van der Waals surface area contributed by atoms with Gasteiger partial charge in [0, 0.05) is 31.7 Å². The molecular weight excluding hydrogens is 456 g/mol. The number of aryl methyl sites for hydroxylation is 2. The maximum Gasteiger partial charge on any atom is 0.332 e. The number of benzene rings is 1. The lowest BCUT2D eigenvalue weighted by Crippen LogP contribution is -2.42. The molecule has 11 heteroatoms. The molecule has 2 aromatic heterocycles. The molecule has 1 aliphatic rings. The number of hydrogen-bond donors (Lipinski definition) is 1. The summed E-state index contributed by atoms with van der Waals surface area (Å²) in [5, 5.41) is 2.85. The molecule has 0 bridgehead atoms. The monoisotopic (exact) mass is 476 g/mol. The zero-order chi connectivity index (χ0) is 21.4. The number of halogens is 1. The van der Waals surface area contributed by atoms with E-state index < -0.39 is 23.7 Å². The van der Waals surface area contributed by atoms with Crippen LogP contribution in [0.5, 0.6) is 0 Å². The molecule has 3 aromatic rings. The summed E-state index contributed by atoms with van der Waals surface area (Å²) in [4.78, 5) is 44.5. The van der Waals surface area contributed by atoms with Crippen molar-refractivity contribution in [3.05, 3.63) is 49.8 Å². The zero-order valence-corrected chi connectivity index (χ0v) is 18.2. The Balaban J connectivity index is 1.65. The summed E-state index contributed by atoms with van der Waals surface area (Å²) in [6, 6.07) is 5.61. The number of morpholine rings is 1. The number of carbonyl (C=O) groups is 1. The van der Waals surface area contributed by atoms with E-state index in [-0.39, 0.29) is 11.2 Å². The SMILES string of the molecule is Cn1cnc2c1c(=O)n(CC(=O)Nc1cc(Br)ccc1N1CCOCC1)c(=O)n2C. The highest BCUT2D eigenvalue weighted by molar-refractivity contribution is 9.10. The van der Waals surface area contributed by atoms with E-state index in [4.69, 9.17) is 4.74 Å². The molecule has 30 heavy (non-hydrogen) atoms. The van der Waals surface area contributed by atoms with E-state index in [9.17, 15) is 14.4 Å². The molecule has 0 radical (unpaired) electrons. The van der Waals surface area contributed by atoms with Crippen LogP contribution in [0, 0.1) is 0 Å². The predicted octanol–water partition coefficient (Wildman–Crippen LogP) is 0.671. The largest absolute Gasteiger partial charge is 0.378 e. The maximum atomic E-state index is 12.8. The minimum atomic E-state index is -0.594. The summed E-state index contributed by atoms with van der Waals surface area (Å²) in [5.74, 6) is -0.469. The van der Waals surface area contributed by atoms with Gasteiger partial charge in [0.05, 0.1) is 30.9 Å². The predicted molar refractivity (Wildman–Crippen MR) is 116 cm³/mol. The Morgan fingerprint density at radius 2 is 1.97 bits per heavy atom. The van der Waals surface area contributed by atoms with Crippen LogP contribution < -0.4 is 21.5 Å². The van der Waals surface area contributed by atoms with Gasteiger partial charge in [-0.1, -0.05) is 15.9 Å². The summed E-state index contributed by atoms with van der Waals surface area (Å²) in [5.41, 5.74) is 0.863. The molecule has 0 spiro atoms. The first-order valence-electron chi connectivity index (χ1n) is 9.40. The third kappa shape index (κ3) is 3.65. The van der Waals surface area contributed by atoms with Crippen molar-refractivity contribution in [1.29, 1.82) is 0 Å². The quantitative estimate of drug-likeness (QED) is 0.593. The van der Waals surface area contributed by atoms with Gasteiger partial charge in [0.25, 0.3) is 5.56 Å². The van der Waals surface area contributed by atoms with Crippen molar-refractivity contribution in [3.63, 3.8) is 0 Å². The number of carbonyl (C=O) groups excluding carboxylic acids is 1. The van der Waals surface area contributed by atoms with Crippen LogP contribution in [0.25, 0.3) is 11.2 Å². The number of anilines is 2. The van der Waals surface area contributed by atoms with Crippen molar-refractivity contribution in [2.24, 2.45) is 14.1 Å². The highest BCUT2D eigenvalue weighted by Gasteiger charge is 2.19. The smallest absolute Gasteiger partial charge is 0.332 e. The van der Waals surface area contributed by atoms with Crippen molar-refractivity contribution in [3.8, 4) is 0 Å². The lowest BCUT2D eigenvalue weighted by molar-refractivity contribution is -0.116. The van der Waals surface area contributed by atoms with Gasteiger partial charge in [0.1, 0.15) is 6.54 Å². The lowest BCUT2D eigenvalue weighted by atomic mass is 10.2. The minimum absolute atomic E-state index is 0.265. The number of ether oxygens (including phenoxy) is 1. The van der Waals surface area contributed by atoms with Gasteiger partial charge in [-0.15, -0.1) is 0 Å². The molecule has 1 saturated heterocycles. The van der Waals surface area contributed by atoms with E-state index in [0.717, 1.165) is 14.7 Å². The molecule has 3 heterocycles. The zero-order valence-electron chi connectivity index (χ0n) is 16.6. The minimum Gasteiger partial charge on any atom is -0.378 e. The van der Waals surface area contributed by atoms with Crippen LogP contribution in [0.3, 0.4) is 0 Å². The molecule has 1 aliphatic heterocycles. The van der Waals surface area contributed by atoms with Crippen molar-refractivity contribution in [1.82, 2.24) is 18.7 Å². The Hall–Kier alpha value is -2.92. The van der Waals surface area contributed by atoms with E-state index in [1.807, 2.05) is 12.1 Å². The average Bonchev–Trinajstić information content (AvgIpc) is 3.12. The van der Waals surface area contributed by atoms with Gasteiger partial charge in [-0.25, -0.2) is 14.3 Å². The second-order valence-electron chi connectivity index (χ2n) is 7.07. The van der Waals surface area contributed by atoms with Crippen molar-refractivity contribution in [2.45, 2.75) is 6.54 Å². The van der Waals surface area contributed by atoms with E-state index in [2.05, 4.69) is 31.1 Å². The molecular formula is C19H21BrN6O4. The Morgan fingerprint density at radius 1 is 1.23 bits per heavy atom. The summed E-state index contributed by atoms with van der Waals surface area (Å²) >= 11 is 3.43. The molecule has 1 aromatic carbocycles. The van der Waals surface area contributed by atoms with Crippen LogP contribution in [0.15, 0.2) is 38.6 Å². The maximum absolute atomic E-state index is 12.8. The number of fused-ring (bicyclic) bond motifs is 1. The molecule has 1 fully saturated rings. The number of aromatic nitrogens is 4. The lowest BCUT2D eigenvalue weighted by Gasteiger charge is -2.30. The summed E-state index contributed by atoms with van der Waals surface area (Å²) in [6.45, 7) is 2.24. The van der Waals surface area contributed by atoms with Gasteiger partial charge in [-0.05, 0) is 18.2 Å². The standard InChI is InChI=1S/C19H21BrN6O4/c1-23-11-21-17-16(23)18(28)26(19(29)24(17)2)10-15(27)22-13-9-12(20)3-4-14(13)25-5-7-30-8-6-25/h3-4,9,11H,5-8,10H2,1-2H3,(H,22,27). The molecule has 1 amide bonds. The third-order valence-electron chi connectivity index (χ3n) is 5.09. The number of amides is 1. The van der Waals surface area contributed by atoms with Gasteiger partial charge in [0.2, 0.25) is 5.91 Å². The molecule has 0 aliphatic carbocycles. The average molecular weight is 477 g/mol. The van der Waals surface area contributed by atoms with Crippen LogP contribution in [0.4, 0.5) is 11.4 Å². The van der Waals surface area contributed by atoms with Crippen LogP contribution in [0.1, 0.15) is 0 Å². The third-order valence-corrected chi connectivity index (χ3v) is 5.58. The van der Waals surface area contributed by atoms with E-state index in [1.165, 1.54) is 22.5 Å². The number of nitrogens with zero attached hydrogens (tertiary/aromatic N) is 5. The van der Waals surface area contributed by atoms with E-state index in [1.54, 1.807) is 13.1 Å². The Kier molecular flexibility index (Phi) is 5.48. The van der Waals surface area contributed by atoms with Crippen molar-refractivity contribution >= 4 is 44.4 Å². The molecule has 10 nitrogen and oxygen atoms in total. The topological polar surface area (TPSA) is 103 Å². The Bertz CT molecular complexity index is 1240. The fourth-order valence-corrected chi connectivity index (χ4v) is 3.92. The van der Waals surface area contributed by atoms with Crippen LogP contribution in [-0.2, 0) is 30.2 Å². The van der Waals surface area contributed by atoms with E-state index in [0.29, 0.717) is 32.0 Å². The second-order valence-corrected chi connectivity index (χ2v) is 7.99. The number of nitrogens with one attached hydrogen (secondary N) is 1. The van der Waals surface area contributed by atoms with Crippen LogP contribution in [0.2, 0.25) is 0 Å². The summed E-state index contributed by atoms with van der Waals surface area (Å²) < 4.78 is 9.93. The first kappa shape index (κ1) is 20.4. The number of hydrogen-bond acceptors (Lipinski definition) is 6. The molecule has 0 atom stereocenters. The highest BCUT2D eigenvalue weighted by Crippen LogP contribution is 2.30. The van der Waals surface area contributed by atoms with E-state index >= 15 is 0 Å². The van der Waals surface area contributed by atoms with Crippen LogP contribution >= 0.6 is 15.9 Å². The van der Waals surface area contributed by atoms with Crippen molar-refractivity contribution in [2.75, 3.05) is 36.5 Å². The fraction of sp³-hybridized carbons (Fsp3) is 0.368. The van der Waals surface area contributed by atoms with Gasteiger partial charge in [-0.2, -0.15) is 0 Å². The molecule has 4 rings (SSSR count). The van der Waals surface area contributed by atoms with Gasteiger partial charge in [-0.3, -0.25) is 14.2 Å². The van der Waals surface area contributed by atoms with Gasteiger partial charge in [0.15, 0.2) is 11.2 Å². The summed E-state index contributed by atoms with van der Waals surface area (Å²) in [6.07, 6.45) is 1.46. The molecule has 0 unspecified atom stereocenters. The van der Waals surface area contributed by atoms with Crippen LogP contribution in [-0.4, -0.2) is 50.9 Å². The first-order valence-corrected chi connectivity index (χ1v) is 10.2. The van der Waals surface area contributed by atoms with Gasteiger partial charge >= 0.3 is 5.69 Å². The Labute approximate surface area is 179 Å². The first-order chi connectivity index (χ1) is 14.4. The Morgan fingerprint density at radius 3 is 2.70 bits per heavy atom. The number of imidazole rings is 1. The molecule has 1 N–H and O–H groups in total. The number of rotatable bonds is 4. The van der Waals surface area contributed by atoms with Gasteiger partial charge < -0.3 is 19.5 Å². The normalized spacial score (nSPS) is 14.3. The summed E-state index contributed by atoms with van der Waals surface area (Å²) in [7, 11) is 3.19. The molecule has 0 saturated carbocycles. The fourth-order valence-electron chi connectivity index (χ4n) is 3.56. The molecule has 158 valence electrons.